The quantitative estimate of drug-likeness (QED) is 0.890. The van der Waals surface area contributed by atoms with Crippen LogP contribution in [0.2, 0.25) is 0 Å². The second-order valence-electron chi connectivity index (χ2n) is 5.41. The highest BCUT2D eigenvalue weighted by atomic mass is 32.1. The molecular weight excluding hydrogens is 280 g/mol. The van der Waals surface area contributed by atoms with Gasteiger partial charge in [-0.05, 0) is 41.3 Å². The van der Waals surface area contributed by atoms with Crippen molar-refractivity contribution in [3.8, 4) is 0 Å². The van der Waals surface area contributed by atoms with Crippen molar-refractivity contribution in [3.05, 3.63) is 58.3 Å². The molecule has 21 heavy (non-hydrogen) atoms. The highest BCUT2D eigenvalue weighted by molar-refractivity contribution is 7.07. The van der Waals surface area contributed by atoms with Crippen molar-refractivity contribution in [3.63, 3.8) is 0 Å². The molecule has 1 aromatic carbocycles. The van der Waals surface area contributed by atoms with E-state index in [2.05, 4.69) is 23.8 Å². The third-order valence-electron chi connectivity index (χ3n) is 3.79. The molecule has 4 heteroatoms. The van der Waals surface area contributed by atoms with Crippen molar-refractivity contribution >= 4 is 17.2 Å². The number of nitrogens with zero attached hydrogens (tertiary/aromatic N) is 1. The molecule has 0 radical (unpaired) electrons. The standard InChI is InChI=1S/C17H22N2OS/c1-13(10-14-8-9-21-12-14)19(2)17(20)11-16(18)15-6-4-3-5-7-15/h3-9,12-13,16H,10-11,18H2,1-2H3/t13-,16-/m1/s1. The average molecular weight is 302 g/mol. The number of hydrogen-bond acceptors (Lipinski definition) is 3. The second-order valence-corrected chi connectivity index (χ2v) is 6.19. The van der Waals surface area contributed by atoms with Gasteiger partial charge in [-0.3, -0.25) is 4.79 Å². The Hall–Kier alpha value is -1.65. The van der Waals surface area contributed by atoms with Crippen LogP contribution in [0.4, 0.5) is 0 Å². The van der Waals surface area contributed by atoms with E-state index in [1.54, 1.807) is 16.2 Å². The van der Waals surface area contributed by atoms with Gasteiger partial charge >= 0.3 is 0 Å². The van der Waals surface area contributed by atoms with Gasteiger partial charge in [0.1, 0.15) is 0 Å². The fourth-order valence-corrected chi connectivity index (χ4v) is 2.96. The van der Waals surface area contributed by atoms with E-state index in [4.69, 9.17) is 5.73 Å². The van der Waals surface area contributed by atoms with Gasteiger partial charge in [-0.2, -0.15) is 11.3 Å². The van der Waals surface area contributed by atoms with E-state index in [-0.39, 0.29) is 18.0 Å². The van der Waals surface area contributed by atoms with Crippen molar-refractivity contribution in [2.24, 2.45) is 5.73 Å². The summed E-state index contributed by atoms with van der Waals surface area (Å²) < 4.78 is 0. The predicted molar refractivity (Wildman–Crippen MR) is 88.2 cm³/mol. The molecule has 0 aliphatic carbocycles. The van der Waals surface area contributed by atoms with Crippen LogP contribution in [0.15, 0.2) is 47.2 Å². The van der Waals surface area contributed by atoms with Gasteiger partial charge in [0, 0.05) is 25.6 Å². The molecule has 1 heterocycles. The molecule has 0 spiro atoms. The fraction of sp³-hybridized carbons (Fsp3) is 0.353. The molecule has 0 aliphatic heterocycles. The fourth-order valence-electron chi connectivity index (χ4n) is 2.28. The molecule has 0 unspecified atom stereocenters. The molecule has 1 amide bonds. The summed E-state index contributed by atoms with van der Waals surface area (Å²) in [6.07, 6.45) is 1.22. The van der Waals surface area contributed by atoms with E-state index in [0.29, 0.717) is 6.42 Å². The number of carbonyl (C=O) groups is 1. The lowest BCUT2D eigenvalue weighted by molar-refractivity contribution is -0.132. The predicted octanol–water partition coefficient (Wildman–Crippen LogP) is 3.23. The normalized spacial score (nSPS) is 13.7. The molecular formula is C17H22N2OS. The maximum Gasteiger partial charge on any atom is 0.224 e. The lowest BCUT2D eigenvalue weighted by atomic mass is 10.0. The van der Waals surface area contributed by atoms with Crippen LogP contribution in [-0.2, 0) is 11.2 Å². The zero-order valence-corrected chi connectivity index (χ0v) is 13.3. The number of likely N-dealkylation sites (N-methyl/N-ethyl adjacent to an activating group) is 1. The first-order valence-electron chi connectivity index (χ1n) is 7.15. The topological polar surface area (TPSA) is 46.3 Å². The Labute approximate surface area is 130 Å². The first-order chi connectivity index (χ1) is 10.1. The molecule has 0 bridgehead atoms. The Balaban J connectivity index is 1.90. The monoisotopic (exact) mass is 302 g/mol. The third-order valence-corrected chi connectivity index (χ3v) is 4.52. The third kappa shape index (κ3) is 4.41. The molecule has 0 fully saturated rings. The van der Waals surface area contributed by atoms with Crippen molar-refractivity contribution in [1.82, 2.24) is 4.90 Å². The van der Waals surface area contributed by atoms with E-state index >= 15 is 0 Å². The van der Waals surface area contributed by atoms with Crippen LogP contribution in [0.5, 0.6) is 0 Å². The van der Waals surface area contributed by atoms with Gasteiger partial charge in [-0.1, -0.05) is 30.3 Å². The number of hydrogen-bond donors (Lipinski definition) is 1. The van der Waals surface area contributed by atoms with Crippen LogP contribution in [0.1, 0.15) is 30.5 Å². The Morgan fingerprint density at radius 1 is 1.29 bits per heavy atom. The van der Waals surface area contributed by atoms with Crippen molar-refractivity contribution in [2.45, 2.75) is 31.8 Å². The lowest BCUT2D eigenvalue weighted by Gasteiger charge is -2.26. The minimum absolute atomic E-state index is 0.0917. The maximum absolute atomic E-state index is 12.3. The van der Waals surface area contributed by atoms with Crippen LogP contribution < -0.4 is 5.73 Å². The maximum atomic E-state index is 12.3. The molecule has 2 aromatic rings. The van der Waals surface area contributed by atoms with Gasteiger partial charge in [0.15, 0.2) is 0 Å². The van der Waals surface area contributed by atoms with Gasteiger partial charge < -0.3 is 10.6 Å². The Kier molecular flexibility index (Phi) is 5.53. The molecule has 2 atom stereocenters. The molecule has 0 aliphatic rings. The van der Waals surface area contributed by atoms with E-state index in [9.17, 15) is 4.79 Å². The highest BCUT2D eigenvalue weighted by Crippen LogP contribution is 2.17. The smallest absolute Gasteiger partial charge is 0.224 e. The minimum Gasteiger partial charge on any atom is -0.343 e. The Morgan fingerprint density at radius 3 is 2.62 bits per heavy atom. The van der Waals surface area contributed by atoms with E-state index in [1.807, 2.05) is 37.4 Å². The SMILES string of the molecule is C[C@H](Cc1ccsc1)N(C)C(=O)C[C@@H](N)c1ccccc1. The first-order valence-corrected chi connectivity index (χ1v) is 8.09. The zero-order valence-electron chi connectivity index (χ0n) is 12.5. The summed E-state index contributed by atoms with van der Waals surface area (Å²) in [5, 5.41) is 4.19. The summed E-state index contributed by atoms with van der Waals surface area (Å²) >= 11 is 1.69. The lowest BCUT2D eigenvalue weighted by Crippen LogP contribution is -2.37. The van der Waals surface area contributed by atoms with Crippen molar-refractivity contribution in [1.29, 1.82) is 0 Å². The Morgan fingerprint density at radius 2 is 2.00 bits per heavy atom. The first kappa shape index (κ1) is 15.7. The summed E-state index contributed by atoms with van der Waals surface area (Å²) in [5.74, 6) is 0.0917. The van der Waals surface area contributed by atoms with Crippen molar-refractivity contribution < 1.29 is 4.79 Å². The van der Waals surface area contributed by atoms with E-state index in [1.165, 1.54) is 5.56 Å². The number of amides is 1. The number of nitrogens with two attached hydrogens (primary N) is 1. The molecule has 3 nitrogen and oxygen atoms in total. The van der Waals surface area contributed by atoms with E-state index < -0.39 is 0 Å². The van der Waals surface area contributed by atoms with E-state index in [0.717, 1.165) is 12.0 Å². The highest BCUT2D eigenvalue weighted by Gasteiger charge is 2.19. The molecule has 112 valence electrons. The molecule has 2 N–H and O–H groups in total. The van der Waals surface area contributed by atoms with Gasteiger partial charge in [0.25, 0.3) is 0 Å². The molecule has 0 saturated heterocycles. The van der Waals surface area contributed by atoms with Crippen LogP contribution >= 0.6 is 11.3 Å². The largest absolute Gasteiger partial charge is 0.343 e. The van der Waals surface area contributed by atoms with Crippen molar-refractivity contribution in [2.75, 3.05) is 7.05 Å². The minimum atomic E-state index is -0.241. The summed E-state index contributed by atoms with van der Waals surface area (Å²) in [6.45, 7) is 2.07. The zero-order chi connectivity index (χ0) is 15.2. The van der Waals surface area contributed by atoms with Gasteiger partial charge in [-0.25, -0.2) is 0 Å². The number of rotatable bonds is 6. The second kappa shape index (κ2) is 7.38. The number of benzene rings is 1. The molecule has 2 rings (SSSR count). The number of thiophene rings is 1. The summed E-state index contributed by atoms with van der Waals surface area (Å²) in [7, 11) is 1.86. The number of carbonyl (C=O) groups excluding carboxylic acids is 1. The van der Waals surface area contributed by atoms with Crippen LogP contribution in [0.3, 0.4) is 0 Å². The Bertz CT molecular complexity index is 553. The van der Waals surface area contributed by atoms with Gasteiger partial charge in [0.05, 0.1) is 0 Å². The van der Waals surface area contributed by atoms with Gasteiger partial charge in [0.2, 0.25) is 5.91 Å². The van der Waals surface area contributed by atoms with Crippen LogP contribution in [-0.4, -0.2) is 23.9 Å². The molecule has 0 saturated carbocycles. The van der Waals surface area contributed by atoms with Crippen LogP contribution in [0.25, 0.3) is 0 Å². The molecule has 1 aromatic heterocycles. The summed E-state index contributed by atoms with van der Waals surface area (Å²) in [4.78, 5) is 14.2. The summed E-state index contributed by atoms with van der Waals surface area (Å²) in [6, 6.07) is 11.8. The average Bonchev–Trinajstić information content (AvgIpc) is 3.00. The van der Waals surface area contributed by atoms with Gasteiger partial charge in [-0.15, -0.1) is 0 Å². The van der Waals surface area contributed by atoms with Crippen LogP contribution in [0, 0.1) is 0 Å². The summed E-state index contributed by atoms with van der Waals surface area (Å²) in [5.41, 5.74) is 8.41.